The van der Waals surface area contributed by atoms with Gasteiger partial charge in [-0.05, 0) is 25.3 Å². The van der Waals surface area contributed by atoms with Crippen molar-refractivity contribution in [3.05, 3.63) is 34.4 Å². The minimum atomic E-state index is -0.363. The molecule has 1 aromatic rings. The molecule has 17 heavy (non-hydrogen) atoms. The molecule has 1 aliphatic carbocycles. The molecule has 0 spiro atoms. The largest absolute Gasteiger partial charge is 0.395 e. The molecule has 1 aliphatic rings. The van der Waals surface area contributed by atoms with Gasteiger partial charge in [0, 0.05) is 18.7 Å². The fourth-order valence-electron chi connectivity index (χ4n) is 2.17. The van der Waals surface area contributed by atoms with E-state index < -0.39 is 0 Å². The van der Waals surface area contributed by atoms with E-state index in [-0.39, 0.29) is 17.2 Å². The van der Waals surface area contributed by atoms with Crippen molar-refractivity contribution >= 4 is 11.4 Å². The van der Waals surface area contributed by atoms with Gasteiger partial charge in [0.25, 0.3) is 5.69 Å². The predicted octanol–water partition coefficient (Wildman–Crippen LogP) is 1.95. The zero-order valence-electron chi connectivity index (χ0n) is 9.58. The van der Waals surface area contributed by atoms with Gasteiger partial charge in [-0.1, -0.05) is 12.1 Å². The maximum absolute atomic E-state index is 11.0. The van der Waals surface area contributed by atoms with Gasteiger partial charge < -0.3 is 10.0 Å². The van der Waals surface area contributed by atoms with Crippen LogP contribution in [-0.4, -0.2) is 29.2 Å². The first kappa shape index (κ1) is 11.9. The van der Waals surface area contributed by atoms with Crippen molar-refractivity contribution < 1.29 is 10.0 Å². The lowest BCUT2D eigenvalue weighted by atomic mass is 9.91. The number of nitro benzene ring substituents is 1. The van der Waals surface area contributed by atoms with E-state index in [0.29, 0.717) is 18.3 Å². The molecular formula is C12H16N2O3. The van der Waals surface area contributed by atoms with Crippen molar-refractivity contribution in [1.29, 1.82) is 0 Å². The zero-order chi connectivity index (χ0) is 12.3. The summed E-state index contributed by atoms with van der Waals surface area (Å²) in [6.45, 7) is 0.470. The summed E-state index contributed by atoms with van der Waals surface area (Å²) < 4.78 is 0. The molecule has 0 unspecified atom stereocenters. The molecule has 0 aliphatic heterocycles. The molecule has 2 rings (SSSR count). The summed E-state index contributed by atoms with van der Waals surface area (Å²) in [5, 5.41) is 20.1. The second kappa shape index (κ2) is 5.14. The summed E-state index contributed by atoms with van der Waals surface area (Å²) in [7, 11) is 0. The zero-order valence-corrected chi connectivity index (χ0v) is 9.58. The summed E-state index contributed by atoms with van der Waals surface area (Å²) in [5.41, 5.74) is 0.740. The Morgan fingerprint density at radius 3 is 2.65 bits per heavy atom. The standard InChI is InChI=1S/C12H16N2O3/c15-9-8-13(10-4-3-5-10)11-6-1-2-7-12(11)14(16)17/h1-2,6-7,10,15H,3-5,8-9H2. The monoisotopic (exact) mass is 236 g/mol. The van der Waals surface area contributed by atoms with Crippen molar-refractivity contribution in [2.75, 3.05) is 18.1 Å². The molecular weight excluding hydrogens is 220 g/mol. The highest BCUT2D eigenvalue weighted by Crippen LogP contribution is 2.34. The van der Waals surface area contributed by atoms with Gasteiger partial charge in [-0.3, -0.25) is 10.1 Å². The Hall–Kier alpha value is -1.62. The number of aliphatic hydroxyl groups excluding tert-OH is 1. The highest BCUT2D eigenvalue weighted by molar-refractivity contribution is 5.63. The lowest BCUT2D eigenvalue weighted by Gasteiger charge is -2.38. The average molecular weight is 236 g/mol. The molecule has 1 fully saturated rings. The quantitative estimate of drug-likeness (QED) is 0.626. The fourth-order valence-corrected chi connectivity index (χ4v) is 2.17. The molecule has 0 atom stereocenters. The molecule has 0 heterocycles. The summed E-state index contributed by atoms with van der Waals surface area (Å²) >= 11 is 0. The highest BCUT2D eigenvalue weighted by atomic mass is 16.6. The minimum absolute atomic E-state index is 0.0164. The maximum Gasteiger partial charge on any atom is 0.292 e. The second-order valence-electron chi connectivity index (χ2n) is 4.25. The third-order valence-electron chi connectivity index (χ3n) is 3.24. The van der Waals surface area contributed by atoms with E-state index in [1.165, 1.54) is 6.07 Å². The Morgan fingerprint density at radius 1 is 1.41 bits per heavy atom. The lowest BCUT2D eigenvalue weighted by molar-refractivity contribution is -0.384. The third kappa shape index (κ3) is 2.39. The van der Waals surface area contributed by atoms with E-state index in [1.807, 2.05) is 4.90 Å². The van der Waals surface area contributed by atoms with E-state index in [1.54, 1.807) is 18.2 Å². The van der Waals surface area contributed by atoms with E-state index >= 15 is 0 Å². The van der Waals surface area contributed by atoms with Crippen LogP contribution in [-0.2, 0) is 0 Å². The molecule has 0 aromatic heterocycles. The van der Waals surface area contributed by atoms with Gasteiger partial charge in [0.1, 0.15) is 5.69 Å². The van der Waals surface area contributed by atoms with Gasteiger partial charge in [0.2, 0.25) is 0 Å². The summed E-state index contributed by atoms with van der Waals surface area (Å²) in [5.74, 6) is 0. The van der Waals surface area contributed by atoms with Crippen molar-refractivity contribution in [2.24, 2.45) is 0 Å². The van der Waals surface area contributed by atoms with Gasteiger partial charge in [0.15, 0.2) is 0 Å². The first-order chi connectivity index (χ1) is 8.24. The lowest BCUT2D eigenvalue weighted by Crippen LogP contribution is -2.42. The van der Waals surface area contributed by atoms with E-state index in [9.17, 15) is 10.1 Å². The molecule has 1 aromatic carbocycles. The molecule has 0 bridgehead atoms. The molecule has 5 heteroatoms. The van der Waals surface area contributed by atoms with Crippen LogP contribution in [0.15, 0.2) is 24.3 Å². The smallest absolute Gasteiger partial charge is 0.292 e. The Kier molecular flexibility index (Phi) is 3.58. The Bertz CT molecular complexity index is 404. The van der Waals surface area contributed by atoms with Gasteiger partial charge in [0.05, 0.1) is 11.5 Å². The van der Waals surface area contributed by atoms with Crippen LogP contribution >= 0.6 is 0 Å². The number of hydrogen-bond acceptors (Lipinski definition) is 4. The van der Waals surface area contributed by atoms with Crippen molar-refractivity contribution in [2.45, 2.75) is 25.3 Å². The van der Waals surface area contributed by atoms with E-state index in [2.05, 4.69) is 0 Å². The van der Waals surface area contributed by atoms with Crippen LogP contribution in [0.4, 0.5) is 11.4 Å². The number of rotatable bonds is 5. The number of aliphatic hydroxyl groups is 1. The average Bonchev–Trinajstić information content (AvgIpc) is 2.26. The Balaban J connectivity index is 2.30. The van der Waals surface area contributed by atoms with Crippen LogP contribution in [0.3, 0.4) is 0 Å². The van der Waals surface area contributed by atoms with Crippen LogP contribution in [0, 0.1) is 10.1 Å². The van der Waals surface area contributed by atoms with Gasteiger partial charge in [-0.25, -0.2) is 0 Å². The molecule has 92 valence electrons. The van der Waals surface area contributed by atoms with Crippen molar-refractivity contribution in [1.82, 2.24) is 0 Å². The molecule has 0 radical (unpaired) electrons. The van der Waals surface area contributed by atoms with Crippen LogP contribution in [0.1, 0.15) is 19.3 Å². The van der Waals surface area contributed by atoms with E-state index in [0.717, 1.165) is 19.3 Å². The summed E-state index contributed by atoms with van der Waals surface area (Å²) in [6, 6.07) is 7.07. The normalized spacial score (nSPS) is 15.4. The number of hydrogen-bond donors (Lipinski definition) is 1. The second-order valence-corrected chi connectivity index (χ2v) is 4.25. The van der Waals surface area contributed by atoms with Crippen LogP contribution < -0.4 is 4.90 Å². The number of para-hydroxylation sites is 2. The number of nitrogens with zero attached hydrogens (tertiary/aromatic N) is 2. The van der Waals surface area contributed by atoms with E-state index in [4.69, 9.17) is 5.11 Å². The highest BCUT2D eigenvalue weighted by Gasteiger charge is 2.28. The minimum Gasteiger partial charge on any atom is -0.395 e. The topological polar surface area (TPSA) is 66.6 Å². The maximum atomic E-state index is 11.0. The molecule has 1 saturated carbocycles. The fraction of sp³-hybridized carbons (Fsp3) is 0.500. The predicted molar refractivity (Wildman–Crippen MR) is 65.2 cm³/mol. The summed E-state index contributed by atoms with van der Waals surface area (Å²) in [4.78, 5) is 12.6. The van der Waals surface area contributed by atoms with Crippen molar-refractivity contribution in [3.63, 3.8) is 0 Å². The van der Waals surface area contributed by atoms with Crippen LogP contribution in [0.25, 0.3) is 0 Å². The number of nitro groups is 1. The number of anilines is 1. The van der Waals surface area contributed by atoms with Gasteiger partial charge in [-0.2, -0.15) is 0 Å². The van der Waals surface area contributed by atoms with Crippen molar-refractivity contribution in [3.8, 4) is 0 Å². The first-order valence-corrected chi connectivity index (χ1v) is 5.85. The van der Waals surface area contributed by atoms with Gasteiger partial charge in [-0.15, -0.1) is 0 Å². The van der Waals surface area contributed by atoms with Crippen LogP contribution in [0.5, 0.6) is 0 Å². The molecule has 1 N–H and O–H groups in total. The number of benzene rings is 1. The summed E-state index contributed by atoms with van der Waals surface area (Å²) in [6.07, 6.45) is 3.26. The molecule has 5 nitrogen and oxygen atoms in total. The third-order valence-corrected chi connectivity index (χ3v) is 3.24. The SMILES string of the molecule is O=[N+]([O-])c1ccccc1N(CCO)C1CCC1. The Labute approximate surface area is 99.8 Å². The molecule has 0 saturated heterocycles. The van der Waals surface area contributed by atoms with Gasteiger partial charge >= 0.3 is 0 Å². The van der Waals surface area contributed by atoms with Crippen LogP contribution in [0.2, 0.25) is 0 Å². The Morgan fingerprint density at radius 2 is 2.12 bits per heavy atom. The molecule has 0 amide bonds. The first-order valence-electron chi connectivity index (χ1n) is 5.85.